The maximum atomic E-state index is 13.4. The summed E-state index contributed by atoms with van der Waals surface area (Å²) in [6.45, 7) is 6.57. The van der Waals surface area contributed by atoms with Gasteiger partial charge in [-0.15, -0.1) is 24.0 Å². The second-order valence-electron chi connectivity index (χ2n) is 6.23. The van der Waals surface area contributed by atoms with Crippen LogP contribution in [-0.4, -0.2) is 33.9 Å². The summed E-state index contributed by atoms with van der Waals surface area (Å²) in [6.07, 6.45) is 0.833. The number of hydrogen-bond donors (Lipinski definition) is 3. The molecule has 0 spiro atoms. The second-order valence-corrected chi connectivity index (χ2v) is 6.23. The van der Waals surface area contributed by atoms with Crippen LogP contribution in [0.15, 0.2) is 23.2 Å². The minimum absolute atomic E-state index is 0. The van der Waals surface area contributed by atoms with Crippen molar-refractivity contribution in [3.63, 3.8) is 0 Å². The Labute approximate surface area is 170 Å². The molecule has 26 heavy (non-hydrogen) atoms. The number of halogens is 2. The van der Waals surface area contributed by atoms with Gasteiger partial charge in [-0.2, -0.15) is 5.10 Å². The van der Waals surface area contributed by atoms with Gasteiger partial charge in [0.1, 0.15) is 0 Å². The predicted octanol–water partition coefficient (Wildman–Crippen LogP) is 2.80. The van der Waals surface area contributed by atoms with Crippen LogP contribution < -0.4 is 10.6 Å². The third kappa shape index (κ3) is 5.58. The normalized spacial score (nSPS) is 12.5. The number of guanidine groups is 1. The topological polar surface area (TPSA) is 74.5 Å². The van der Waals surface area contributed by atoms with Crippen molar-refractivity contribution in [2.75, 3.05) is 7.05 Å². The molecule has 0 aliphatic carbocycles. The van der Waals surface area contributed by atoms with Crippen LogP contribution in [0.5, 0.6) is 5.75 Å². The Hall–Kier alpha value is -1.84. The lowest BCUT2D eigenvalue weighted by Crippen LogP contribution is -2.42. The number of hydrogen-bond acceptors (Lipinski definition) is 3. The zero-order valence-electron chi connectivity index (χ0n) is 15.8. The van der Waals surface area contributed by atoms with E-state index >= 15 is 0 Å². The van der Waals surface area contributed by atoms with Gasteiger partial charge in [-0.05, 0) is 50.5 Å². The van der Waals surface area contributed by atoms with Crippen LogP contribution in [0.2, 0.25) is 0 Å². The summed E-state index contributed by atoms with van der Waals surface area (Å²) in [5, 5.41) is 20.2. The van der Waals surface area contributed by atoms with Crippen molar-refractivity contribution in [1.29, 1.82) is 0 Å². The number of nitrogens with zero attached hydrogens (tertiary/aromatic N) is 3. The molecule has 1 heterocycles. The third-order valence-electron chi connectivity index (χ3n) is 4.25. The molecular formula is C18H27FIN5O. The smallest absolute Gasteiger partial charge is 0.191 e. The Morgan fingerprint density at radius 3 is 2.62 bits per heavy atom. The van der Waals surface area contributed by atoms with Gasteiger partial charge in [-0.1, -0.05) is 6.07 Å². The largest absolute Gasteiger partial charge is 0.505 e. The molecule has 0 radical (unpaired) electrons. The van der Waals surface area contributed by atoms with Crippen LogP contribution >= 0.6 is 24.0 Å². The lowest BCUT2D eigenvalue weighted by atomic mass is 10.1. The first kappa shape index (κ1) is 22.2. The Kier molecular flexibility index (Phi) is 8.32. The van der Waals surface area contributed by atoms with Crippen molar-refractivity contribution < 1.29 is 9.50 Å². The van der Waals surface area contributed by atoms with Crippen LogP contribution in [-0.2, 0) is 20.0 Å². The number of aromatic hydroxyl groups is 1. The fourth-order valence-electron chi connectivity index (χ4n) is 2.74. The molecular weight excluding hydrogens is 448 g/mol. The van der Waals surface area contributed by atoms with Gasteiger partial charge >= 0.3 is 0 Å². The van der Waals surface area contributed by atoms with Crippen LogP contribution in [0.25, 0.3) is 0 Å². The number of aryl methyl sites for hydroxylation is 2. The molecule has 0 amide bonds. The lowest BCUT2D eigenvalue weighted by Gasteiger charge is -2.18. The van der Waals surface area contributed by atoms with E-state index in [0.717, 1.165) is 23.4 Å². The minimum Gasteiger partial charge on any atom is -0.505 e. The second kappa shape index (κ2) is 9.75. The standard InChI is InChI=1S/C18H26FN5O.HI/c1-11(8-15-12(2)23-24(5)13(15)3)22-18(20-4)21-10-14-6-7-17(25)16(19)9-14;/h6-7,9,11,25H,8,10H2,1-5H3,(H2,20,21,22);1H. The molecule has 3 N–H and O–H groups in total. The fraction of sp³-hybridized carbons (Fsp3) is 0.444. The maximum absolute atomic E-state index is 13.4. The number of phenolic OH excluding ortho intramolecular Hbond substituents is 1. The Morgan fingerprint density at radius 1 is 1.38 bits per heavy atom. The Balaban J connectivity index is 0.00000338. The molecule has 8 heteroatoms. The zero-order valence-corrected chi connectivity index (χ0v) is 18.1. The maximum Gasteiger partial charge on any atom is 0.191 e. The highest BCUT2D eigenvalue weighted by Gasteiger charge is 2.14. The predicted molar refractivity (Wildman–Crippen MR) is 113 cm³/mol. The summed E-state index contributed by atoms with van der Waals surface area (Å²) in [4.78, 5) is 4.21. The van der Waals surface area contributed by atoms with E-state index in [2.05, 4.69) is 34.6 Å². The van der Waals surface area contributed by atoms with Gasteiger partial charge in [0.2, 0.25) is 0 Å². The average Bonchev–Trinajstić information content (AvgIpc) is 2.80. The molecule has 2 aromatic rings. The van der Waals surface area contributed by atoms with Gasteiger partial charge in [-0.25, -0.2) is 4.39 Å². The molecule has 1 unspecified atom stereocenters. The van der Waals surface area contributed by atoms with Crippen molar-refractivity contribution in [3.05, 3.63) is 46.5 Å². The number of rotatable bonds is 5. The van der Waals surface area contributed by atoms with Gasteiger partial charge in [-0.3, -0.25) is 9.67 Å². The molecule has 0 saturated carbocycles. The number of aliphatic imine (C=N–C) groups is 1. The van der Waals surface area contributed by atoms with E-state index in [9.17, 15) is 9.50 Å². The molecule has 144 valence electrons. The monoisotopic (exact) mass is 475 g/mol. The first-order valence-electron chi connectivity index (χ1n) is 8.25. The van der Waals surface area contributed by atoms with Gasteiger partial charge in [0.15, 0.2) is 17.5 Å². The molecule has 1 aromatic carbocycles. The molecule has 0 aliphatic rings. The molecule has 0 bridgehead atoms. The SMILES string of the molecule is CN=C(NCc1ccc(O)c(F)c1)NC(C)Cc1c(C)nn(C)c1C.I. The number of nitrogens with one attached hydrogen (secondary N) is 2. The first-order chi connectivity index (χ1) is 11.8. The molecule has 0 saturated heterocycles. The highest BCUT2D eigenvalue weighted by molar-refractivity contribution is 14.0. The van der Waals surface area contributed by atoms with Crippen LogP contribution in [0.4, 0.5) is 4.39 Å². The average molecular weight is 475 g/mol. The summed E-state index contributed by atoms with van der Waals surface area (Å²) >= 11 is 0. The summed E-state index contributed by atoms with van der Waals surface area (Å²) in [5.74, 6) is -0.333. The van der Waals surface area contributed by atoms with Crippen molar-refractivity contribution in [1.82, 2.24) is 20.4 Å². The van der Waals surface area contributed by atoms with Crippen molar-refractivity contribution in [2.45, 2.75) is 39.8 Å². The van der Waals surface area contributed by atoms with Crippen molar-refractivity contribution in [2.24, 2.45) is 12.0 Å². The van der Waals surface area contributed by atoms with Gasteiger partial charge in [0.25, 0.3) is 0 Å². The van der Waals surface area contributed by atoms with Crippen LogP contribution in [0, 0.1) is 19.7 Å². The van der Waals surface area contributed by atoms with Gasteiger partial charge in [0.05, 0.1) is 5.69 Å². The Bertz CT molecular complexity index is 775. The van der Waals surface area contributed by atoms with E-state index < -0.39 is 5.82 Å². The number of aromatic nitrogens is 2. The van der Waals surface area contributed by atoms with Crippen molar-refractivity contribution >= 4 is 29.9 Å². The highest BCUT2D eigenvalue weighted by atomic mass is 127. The number of benzene rings is 1. The minimum atomic E-state index is -0.627. The third-order valence-corrected chi connectivity index (χ3v) is 4.25. The molecule has 1 atom stereocenters. The van der Waals surface area contributed by atoms with E-state index in [0.29, 0.717) is 12.5 Å². The molecule has 0 fully saturated rings. The molecule has 2 rings (SSSR count). The zero-order chi connectivity index (χ0) is 18.6. The van der Waals surface area contributed by atoms with E-state index in [4.69, 9.17) is 0 Å². The summed E-state index contributed by atoms with van der Waals surface area (Å²) < 4.78 is 15.3. The summed E-state index contributed by atoms with van der Waals surface area (Å²) in [7, 11) is 3.64. The lowest BCUT2D eigenvalue weighted by molar-refractivity contribution is 0.431. The van der Waals surface area contributed by atoms with Crippen LogP contribution in [0.3, 0.4) is 0 Å². The molecule has 6 nitrogen and oxygen atoms in total. The van der Waals surface area contributed by atoms with Gasteiger partial charge in [0, 0.05) is 32.4 Å². The van der Waals surface area contributed by atoms with E-state index in [1.54, 1.807) is 13.1 Å². The van der Waals surface area contributed by atoms with Crippen molar-refractivity contribution in [3.8, 4) is 5.75 Å². The van der Waals surface area contributed by atoms with E-state index in [1.165, 1.54) is 17.7 Å². The molecule has 0 aliphatic heterocycles. The highest BCUT2D eigenvalue weighted by Crippen LogP contribution is 2.16. The summed E-state index contributed by atoms with van der Waals surface area (Å²) in [5.41, 5.74) is 4.16. The summed E-state index contributed by atoms with van der Waals surface area (Å²) in [6, 6.07) is 4.48. The molecule has 1 aromatic heterocycles. The van der Waals surface area contributed by atoms with Crippen LogP contribution in [0.1, 0.15) is 29.4 Å². The fourth-order valence-corrected chi connectivity index (χ4v) is 2.74. The quantitative estimate of drug-likeness (QED) is 0.353. The first-order valence-corrected chi connectivity index (χ1v) is 8.25. The number of phenols is 1. The van der Waals surface area contributed by atoms with E-state index in [1.807, 2.05) is 18.7 Å². The van der Waals surface area contributed by atoms with Gasteiger partial charge < -0.3 is 15.7 Å². The van der Waals surface area contributed by atoms with E-state index in [-0.39, 0.29) is 35.8 Å². The Morgan fingerprint density at radius 2 is 2.08 bits per heavy atom.